The lowest BCUT2D eigenvalue weighted by Crippen LogP contribution is -2.47. The number of sulfonamides is 1. The van der Waals surface area contributed by atoms with E-state index in [1.807, 2.05) is 23.1 Å². The summed E-state index contributed by atoms with van der Waals surface area (Å²) in [5, 5.41) is 0. The second-order valence-corrected chi connectivity index (χ2v) is 9.54. The third kappa shape index (κ3) is 2.82. The van der Waals surface area contributed by atoms with Gasteiger partial charge in [0.25, 0.3) is 5.91 Å². The highest BCUT2D eigenvalue weighted by atomic mass is 32.2. The van der Waals surface area contributed by atoms with Gasteiger partial charge in [-0.15, -0.1) is 11.3 Å². The molecular weight excluding hydrogens is 346 g/mol. The SMILES string of the molecule is CS(=O)(=O)N1C[C@@H]2CC[C@H](C1)N(C(=O)c1ccc3ncsc3c1)C2. The van der Waals surface area contributed by atoms with Crippen molar-refractivity contribution in [2.75, 3.05) is 25.9 Å². The molecule has 4 heterocycles. The summed E-state index contributed by atoms with van der Waals surface area (Å²) in [5.74, 6) is 0.213. The van der Waals surface area contributed by atoms with E-state index in [1.54, 1.807) is 5.51 Å². The van der Waals surface area contributed by atoms with Gasteiger partial charge in [0, 0.05) is 31.2 Å². The van der Waals surface area contributed by atoms with Crippen molar-refractivity contribution in [3.05, 3.63) is 29.3 Å². The number of hydrogen-bond donors (Lipinski definition) is 0. The van der Waals surface area contributed by atoms with Crippen LogP contribution in [0.2, 0.25) is 0 Å². The Labute approximate surface area is 145 Å². The zero-order valence-electron chi connectivity index (χ0n) is 13.4. The van der Waals surface area contributed by atoms with Gasteiger partial charge in [-0.2, -0.15) is 4.31 Å². The third-order valence-electron chi connectivity index (χ3n) is 4.99. The predicted octanol–water partition coefficient (Wildman–Crippen LogP) is 1.79. The van der Waals surface area contributed by atoms with Crippen LogP contribution >= 0.6 is 11.3 Å². The van der Waals surface area contributed by atoms with E-state index in [1.165, 1.54) is 21.9 Å². The van der Waals surface area contributed by atoms with Crippen LogP contribution in [0.15, 0.2) is 23.7 Å². The average molecular weight is 365 g/mol. The Hall–Kier alpha value is -1.51. The molecule has 0 unspecified atom stereocenters. The van der Waals surface area contributed by atoms with Crippen LogP contribution in [0.5, 0.6) is 0 Å². The smallest absolute Gasteiger partial charge is 0.254 e. The van der Waals surface area contributed by atoms with Crippen molar-refractivity contribution < 1.29 is 13.2 Å². The largest absolute Gasteiger partial charge is 0.334 e. The number of carbonyl (C=O) groups is 1. The van der Waals surface area contributed by atoms with Crippen LogP contribution in [0.25, 0.3) is 10.2 Å². The highest BCUT2D eigenvalue weighted by molar-refractivity contribution is 7.88. The molecule has 2 aromatic rings. The van der Waals surface area contributed by atoms with Crippen LogP contribution in [0, 0.1) is 5.92 Å². The van der Waals surface area contributed by atoms with Gasteiger partial charge in [-0.3, -0.25) is 4.79 Å². The molecule has 0 saturated carbocycles. The number of fused-ring (bicyclic) bond motifs is 5. The lowest BCUT2D eigenvalue weighted by atomic mass is 9.94. The quantitative estimate of drug-likeness (QED) is 0.814. The number of benzene rings is 1. The number of amides is 1. The molecule has 3 saturated heterocycles. The van der Waals surface area contributed by atoms with Gasteiger partial charge in [-0.1, -0.05) is 0 Å². The van der Waals surface area contributed by atoms with Gasteiger partial charge in [0.05, 0.1) is 22.0 Å². The molecule has 1 amide bonds. The van der Waals surface area contributed by atoms with Crippen LogP contribution in [0.1, 0.15) is 23.2 Å². The first-order valence-electron chi connectivity index (χ1n) is 8.01. The fourth-order valence-corrected chi connectivity index (χ4v) is 5.35. The van der Waals surface area contributed by atoms with Crippen LogP contribution in [0.3, 0.4) is 0 Å². The van der Waals surface area contributed by atoms with E-state index >= 15 is 0 Å². The topological polar surface area (TPSA) is 70.6 Å². The molecule has 0 spiro atoms. The van der Waals surface area contributed by atoms with Crippen LogP contribution in [-0.4, -0.2) is 60.4 Å². The number of hydrogen-bond acceptors (Lipinski definition) is 5. The van der Waals surface area contributed by atoms with Gasteiger partial charge in [-0.25, -0.2) is 13.4 Å². The first kappa shape index (κ1) is 16.0. The van der Waals surface area contributed by atoms with Crippen molar-refractivity contribution in [2.45, 2.75) is 18.9 Å². The summed E-state index contributed by atoms with van der Waals surface area (Å²) < 4.78 is 26.4. The minimum Gasteiger partial charge on any atom is -0.334 e. The van der Waals surface area contributed by atoms with Gasteiger partial charge in [0.2, 0.25) is 10.0 Å². The first-order valence-corrected chi connectivity index (χ1v) is 10.7. The highest BCUT2D eigenvalue weighted by Gasteiger charge is 2.39. The molecule has 5 rings (SSSR count). The maximum Gasteiger partial charge on any atom is 0.254 e. The number of aromatic nitrogens is 1. The molecule has 0 radical (unpaired) electrons. The van der Waals surface area contributed by atoms with E-state index in [0.29, 0.717) is 25.2 Å². The Morgan fingerprint density at radius 2 is 2.08 bits per heavy atom. The molecule has 1 aromatic heterocycles. The summed E-state index contributed by atoms with van der Waals surface area (Å²) in [5.41, 5.74) is 3.33. The monoisotopic (exact) mass is 365 g/mol. The summed E-state index contributed by atoms with van der Waals surface area (Å²) >= 11 is 1.52. The molecule has 6 nitrogen and oxygen atoms in total. The molecule has 24 heavy (non-hydrogen) atoms. The van der Waals surface area contributed by atoms with Crippen LogP contribution in [-0.2, 0) is 10.0 Å². The van der Waals surface area contributed by atoms with E-state index in [0.717, 1.165) is 23.1 Å². The maximum atomic E-state index is 13.0. The van der Waals surface area contributed by atoms with Crippen molar-refractivity contribution in [2.24, 2.45) is 5.92 Å². The van der Waals surface area contributed by atoms with E-state index in [2.05, 4.69) is 4.98 Å². The number of rotatable bonds is 2. The van der Waals surface area contributed by atoms with Gasteiger partial charge in [-0.05, 0) is 37.0 Å². The van der Waals surface area contributed by atoms with Crippen LogP contribution < -0.4 is 0 Å². The standard InChI is InChI=1S/C16H19N3O3S2/c1-24(21,22)18-7-11-2-4-13(9-18)19(8-11)16(20)12-3-5-14-15(6-12)23-10-17-14/h3,5-6,10-11,13H,2,4,7-9H2,1H3/t11-,13+/m0/s1. The van der Waals surface area contributed by atoms with Gasteiger partial charge in [0.1, 0.15) is 0 Å². The van der Waals surface area contributed by atoms with E-state index in [9.17, 15) is 13.2 Å². The molecule has 3 fully saturated rings. The zero-order valence-corrected chi connectivity index (χ0v) is 15.0. The molecule has 0 aliphatic carbocycles. The average Bonchev–Trinajstić information content (AvgIpc) is 2.80. The number of carbonyl (C=O) groups excluding carboxylic acids is 1. The number of nitrogens with zero attached hydrogens (tertiary/aromatic N) is 3. The van der Waals surface area contributed by atoms with Crippen molar-refractivity contribution in [3.63, 3.8) is 0 Å². The van der Waals surface area contributed by atoms with Crippen molar-refractivity contribution in [3.8, 4) is 0 Å². The molecular formula is C16H19N3O3S2. The van der Waals surface area contributed by atoms with E-state index in [4.69, 9.17) is 0 Å². The zero-order chi connectivity index (χ0) is 16.9. The lowest BCUT2D eigenvalue weighted by Gasteiger charge is -2.36. The van der Waals surface area contributed by atoms with E-state index in [-0.39, 0.29) is 17.9 Å². The second kappa shape index (κ2) is 5.79. The van der Waals surface area contributed by atoms with Crippen LogP contribution in [0.4, 0.5) is 0 Å². The Kier molecular flexibility index (Phi) is 3.85. The number of thiazole rings is 1. The molecule has 3 aliphatic heterocycles. The molecule has 8 heteroatoms. The molecule has 1 aromatic carbocycles. The fourth-order valence-electron chi connectivity index (χ4n) is 3.71. The number of piperidine rings is 1. The first-order chi connectivity index (χ1) is 11.4. The Morgan fingerprint density at radius 1 is 1.25 bits per heavy atom. The lowest BCUT2D eigenvalue weighted by molar-refractivity contribution is 0.0589. The van der Waals surface area contributed by atoms with Crippen molar-refractivity contribution in [1.29, 1.82) is 0 Å². The molecule has 128 valence electrons. The summed E-state index contributed by atoms with van der Waals surface area (Å²) in [7, 11) is -3.22. The normalized spacial score (nSPS) is 25.1. The van der Waals surface area contributed by atoms with Gasteiger partial charge in [0.15, 0.2) is 0 Å². The minimum atomic E-state index is -3.22. The molecule has 2 atom stereocenters. The van der Waals surface area contributed by atoms with Crippen molar-refractivity contribution in [1.82, 2.24) is 14.2 Å². The summed E-state index contributed by atoms with van der Waals surface area (Å²) in [6.45, 7) is 1.56. The summed E-state index contributed by atoms with van der Waals surface area (Å²) in [6.07, 6.45) is 3.10. The highest BCUT2D eigenvalue weighted by Crippen LogP contribution is 2.31. The Bertz CT molecular complexity index is 893. The molecule has 2 bridgehead atoms. The minimum absolute atomic E-state index is 0.00430. The predicted molar refractivity (Wildman–Crippen MR) is 93.6 cm³/mol. The summed E-state index contributed by atoms with van der Waals surface area (Å²) in [6, 6.07) is 5.54. The van der Waals surface area contributed by atoms with Gasteiger partial charge >= 0.3 is 0 Å². The fraction of sp³-hybridized carbons (Fsp3) is 0.500. The van der Waals surface area contributed by atoms with E-state index < -0.39 is 10.0 Å². The molecule has 0 N–H and O–H groups in total. The second-order valence-electron chi connectivity index (χ2n) is 6.67. The third-order valence-corrected chi connectivity index (χ3v) is 7.02. The maximum absolute atomic E-state index is 13.0. The Balaban J connectivity index is 1.63. The Morgan fingerprint density at radius 3 is 2.88 bits per heavy atom. The molecule has 3 aliphatic rings. The van der Waals surface area contributed by atoms with Gasteiger partial charge < -0.3 is 4.90 Å². The van der Waals surface area contributed by atoms with Crippen molar-refractivity contribution >= 4 is 37.5 Å². The summed E-state index contributed by atoms with van der Waals surface area (Å²) in [4.78, 5) is 19.1.